The van der Waals surface area contributed by atoms with Crippen LogP contribution in [0.15, 0.2) is 64.2 Å². The van der Waals surface area contributed by atoms with Crippen molar-refractivity contribution in [2.45, 2.75) is 6.92 Å². The molecule has 0 bridgehead atoms. The van der Waals surface area contributed by atoms with Gasteiger partial charge in [0, 0.05) is 11.6 Å². The Morgan fingerprint density at radius 1 is 1.03 bits per heavy atom. The highest BCUT2D eigenvalue weighted by molar-refractivity contribution is 9.10. The van der Waals surface area contributed by atoms with E-state index in [1.807, 2.05) is 42.5 Å². The number of fused-ring (bicyclic) bond motifs is 1. The van der Waals surface area contributed by atoms with E-state index in [9.17, 15) is 4.79 Å². The Kier molecular flexibility index (Phi) is 6.72. The van der Waals surface area contributed by atoms with Crippen LogP contribution in [0.25, 0.3) is 10.8 Å². The number of hydrazone groups is 1. The summed E-state index contributed by atoms with van der Waals surface area (Å²) in [7, 11) is 3.16. The highest BCUT2D eigenvalue weighted by Gasteiger charge is 2.10. The molecule has 150 valence electrons. The third-order valence-electron chi connectivity index (χ3n) is 4.33. The number of carbonyl (C=O) groups excluding carboxylic acids is 1. The van der Waals surface area contributed by atoms with Crippen molar-refractivity contribution in [2.75, 3.05) is 20.8 Å². The fraction of sp³-hybridized carbons (Fsp3) is 0.182. The number of ether oxygens (including phenoxy) is 3. The number of halogens is 1. The molecule has 0 radical (unpaired) electrons. The van der Waals surface area contributed by atoms with E-state index < -0.39 is 0 Å². The number of hydrogen-bond donors (Lipinski definition) is 1. The van der Waals surface area contributed by atoms with Crippen LogP contribution < -0.4 is 19.6 Å². The Morgan fingerprint density at radius 3 is 2.59 bits per heavy atom. The maximum absolute atomic E-state index is 12.2. The van der Waals surface area contributed by atoms with Crippen LogP contribution in [-0.2, 0) is 4.79 Å². The molecule has 1 amide bonds. The molecule has 0 saturated heterocycles. The van der Waals surface area contributed by atoms with Gasteiger partial charge in [0.2, 0.25) is 0 Å². The monoisotopic (exact) mass is 456 g/mol. The molecule has 0 aliphatic carbocycles. The Bertz CT molecular complexity index is 1070. The van der Waals surface area contributed by atoms with Gasteiger partial charge in [-0.15, -0.1) is 0 Å². The van der Waals surface area contributed by atoms with Gasteiger partial charge in [-0.1, -0.05) is 30.3 Å². The molecule has 0 unspecified atom stereocenters. The van der Waals surface area contributed by atoms with Gasteiger partial charge in [-0.2, -0.15) is 5.10 Å². The number of nitrogens with zero attached hydrogens (tertiary/aromatic N) is 1. The van der Waals surface area contributed by atoms with E-state index in [4.69, 9.17) is 14.2 Å². The number of rotatable bonds is 7. The fourth-order valence-corrected chi connectivity index (χ4v) is 3.41. The molecule has 7 heteroatoms. The van der Waals surface area contributed by atoms with E-state index >= 15 is 0 Å². The molecule has 0 aromatic heterocycles. The molecule has 3 aromatic rings. The highest BCUT2D eigenvalue weighted by atomic mass is 79.9. The summed E-state index contributed by atoms with van der Waals surface area (Å²) in [6, 6.07) is 17.1. The summed E-state index contributed by atoms with van der Waals surface area (Å²) in [5.74, 6) is 1.52. The molecule has 29 heavy (non-hydrogen) atoms. The van der Waals surface area contributed by atoms with E-state index in [-0.39, 0.29) is 12.5 Å². The Morgan fingerprint density at radius 2 is 1.83 bits per heavy atom. The second-order valence-corrected chi connectivity index (χ2v) is 6.98. The first-order valence-electron chi connectivity index (χ1n) is 8.89. The molecule has 6 nitrogen and oxygen atoms in total. The van der Waals surface area contributed by atoms with Gasteiger partial charge in [-0.25, -0.2) is 5.43 Å². The topological polar surface area (TPSA) is 69.2 Å². The highest BCUT2D eigenvalue weighted by Crippen LogP contribution is 2.33. The molecule has 0 aliphatic heterocycles. The van der Waals surface area contributed by atoms with Crippen molar-refractivity contribution >= 4 is 38.3 Å². The van der Waals surface area contributed by atoms with Gasteiger partial charge >= 0.3 is 0 Å². The van der Waals surface area contributed by atoms with Crippen molar-refractivity contribution in [3.63, 3.8) is 0 Å². The average molecular weight is 457 g/mol. The zero-order chi connectivity index (χ0) is 20.8. The van der Waals surface area contributed by atoms with Crippen LogP contribution in [0.2, 0.25) is 0 Å². The molecule has 3 aromatic carbocycles. The van der Waals surface area contributed by atoms with Crippen molar-refractivity contribution < 1.29 is 19.0 Å². The van der Waals surface area contributed by atoms with Crippen molar-refractivity contribution in [2.24, 2.45) is 5.10 Å². The normalized spacial score (nSPS) is 11.2. The standard InChI is InChI=1S/C22H21BrN2O4/c1-14(17-10-9-16(27-2)12-20(17)28-3)24-25-21(26)13-29-19-11-8-15-6-4-5-7-18(15)22(19)23/h4-12H,13H2,1-3H3,(H,25,26)/b24-14+. The van der Waals surface area contributed by atoms with E-state index in [0.29, 0.717) is 23.0 Å². The number of hydrogen-bond acceptors (Lipinski definition) is 5. The fourth-order valence-electron chi connectivity index (χ4n) is 2.80. The minimum absolute atomic E-state index is 0.159. The molecular weight excluding hydrogens is 436 g/mol. The zero-order valence-electron chi connectivity index (χ0n) is 16.4. The minimum atomic E-state index is -0.364. The first kappa shape index (κ1) is 20.7. The SMILES string of the molecule is COc1ccc(/C(C)=N/NC(=O)COc2ccc3ccccc3c2Br)c(OC)c1. The van der Waals surface area contributed by atoms with Gasteiger partial charge in [0.1, 0.15) is 17.2 Å². The van der Waals surface area contributed by atoms with Crippen molar-refractivity contribution in [1.82, 2.24) is 5.43 Å². The molecule has 1 N–H and O–H groups in total. The van der Waals surface area contributed by atoms with Gasteiger partial charge in [-0.05, 0) is 51.8 Å². The Balaban J connectivity index is 1.65. The second-order valence-electron chi connectivity index (χ2n) is 6.19. The van der Waals surface area contributed by atoms with Gasteiger partial charge in [0.15, 0.2) is 6.61 Å². The first-order valence-corrected chi connectivity index (χ1v) is 9.68. The zero-order valence-corrected chi connectivity index (χ0v) is 17.9. The first-order chi connectivity index (χ1) is 14.0. The van der Waals surface area contributed by atoms with Gasteiger partial charge in [-0.3, -0.25) is 4.79 Å². The number of nitrogens with one attached hydrogen (secondary N) is 1. The maximum Gasteiger partial charge on any atom is 0.277 e. The van der Waals surface area contributed by atoms with E-state index in [1.54, 1.807) is 33.3 Å². The maximum atomic E-state index is 12.2. The number of amides is 1. The van der Waals surface area contributed by atoms with Crippen LogP contribution in [-0.4, -0.2) is 32.4 Å². The summed E-state index contributed by atoms with van der Waals surface area (Å²) < 4.78 is 17.0. The molecule has 0 heterocycles. The Labute approximate surface area is 177 Å². The van der Waals surface area contributed by atoms with E-state index in [1.165, 1.54) is 0 Å². The predicted molar refractivity (Wildman–Crippen MR) is 117 cm³/mol. The van der Waals surface area contributed by atoms with Crippen molar-refractivity contribution in [3.8, 4) is 17.2 Å². The summed E-state index contributed by atoms with van der Waals surface area (Å²) in [5.41, 5.74) is 3.87. The van der Waals surface area contributed by atoms with Crippen LogP contribution >= 0.6 is 15.9 Å². The van der Waals surface area contributed by atoms with Crippen LogP contribution in [0.3, 0.4) is 0 Å². The van der Waals surface area contributed by atoms with Crippen LogP contribution in [0.1, 0.15) is 12.5 Å². The lowest BCUT2D eigenvalue weighted by Gasteiger charge is -2.11. The molecule has 3 rings (SSSR count). The lowest BCUT2D eigenvalue weighted by molar-refractivity contribution is -0.123. The van der Waals surface area contributed by atoms with Gasteiger partial charge in [0.25, 0.3) is 5.91 Å². The van der Waals surface area contributed by atoms with Crippen molar-refractivity contribution in [1.29, 1.82) is 0 Å². The van der Waals surface area contributed by atoms with Crippen LogP contribution in [0.5, 0.6) is 17.2 Å². The van der Waals surface area contributed by atoms with Crippen LogP contribution in [0.4, 0.5) is 0 Å². The summed E-state index contributed by atoms with van der Waals surface area (Å²) in [5, 5.41) is 6.25. The summed E-state index contributed by atoms with van der Waals surface area (Å²) in [6.07, 6.45) is 0. The van der Waals surface area contributed by atoms with E-state index in [0.717, 1.165) is 20.8 Å². The number of benzene rings is 3. The van der Waals surface area contributed by atoms with Crippen molar-refractivity contribution in [3.05, 3.63) is 64.6 Å². The predicted octanol–water partition coefficient (Wildman–Crippen LogP) is 4.54. The third-order valence-corrected chi connectivity index (χ3v) is 5.15. The number of methoxy groups -OCH3 is 2. The smallest absolute Gasteiger partial charge is 0.277 e. The third kappa shape index (κ3) is 4.86. The molecular formula is C22H21BrN2O4. The quantitative estimate of drug-likeness (QED) is 0.418. The minimum Gasteiger partial charge on any atom is -0.497 e. The van der Waals surface area contributed by atoms with Gasteiger partial charge < -0.3 is 14.2 Å². The summed E-state index contributed by atoms with van der Waals surface area (Å²) in [6.45, 7) is 1.62. The molecule has 0 spiro atoms. The van der Waals surface area contributed by atoms with Gasteiger partial charge in [0.05, 0.1) is 24.4 Å². The summed E-state index contributed by atoms with van der Waals surface area (Å²) >= 11 is 3.54. The lowest BCUT2D eigenvalue weighted by Crippen LogP contribution is -2.25. The molecule has 0 aliphatic rings. The van der Waals surface area contributed by atoms with Crippen LogP contribution in [0, 0.1) is 0 Å². The molecule has 0 saturated carbocycles. The average Bonchev–Trinajstić information content (AvgIpc) is 2.76. The van der Waals surface area contributed by atoms with E-state index in [2.05, 4.69) is 26.5 Å². The number of carbonyl (C=O) groups is 1. The largest absolute Gasteiger partial charge is 0.497 e. The molecule has 0 atom stereocenters. The summed E-state index contributed by atoms with van der Waals surface area (Å²) in [4.78, 5) is 12.2. The molecule has 0 fully saturated rings. The second kappa shape index (κ2) is 9.43. The lowest BCUT2D eigenvalue weighted by atomic mass is 10.1. The Hall–Kier alpha value is -3.06.